The summed E-state index contributed by atoms with van der Waals surface area (Å²) in [4.78, 5) is 27.3. The fraction of sp³-hybridized carbons (Fsp3) is 0.391. The molecule has 0 aliphatic carbocycles. The SMILES string of the molecule is O=C(Nc1ccccc1C(=O)N1CCCC1)c1ccc(OC[C@H]2CCCO2)cc1. The van der Waals surface area contributed by atoms with Crippen molar-refractivity contribution in [3.63, 3.8) is 0 Å². The van der Waals surface area contributed by atoms with Crippen molar-refractivity contribution < 1.29 is 19.1 Å². The second kappa shape index (κ2) is 9.09. The van der Waals surface area contributed by atoms with Crippen molar-refractivity contribution in [2.24, 2.45) is 0 Å². The van der Waals surface area contributed by atoms with E-state index in [0.717, 1.165) is 45.4 Å². The Morgan fingerprint density at radius 3 is 2.52 bits per heavy atom. The number of nitrogens with zero attached hydrogens (tertiary/aromatic N) is 1. The molecule has 4 rings (SSSR count). The minimum Gasteiger partial charge on any atom is -0.491 e. The Labute approximate surface area is 170 Å². The minimum atomic E-state index is -0.252. The summed E-state index contributed by atoms with van der Waals surface area (Å²) in [6.07, 6.45) is 4.32. The van der Waals surface area contributed by atoms with Gasteiger partial charge < -0.3 is 19.7 Å². The standard InChI is InChI=1S/C23H26N2O4/c26-22(17-9-11-18(12-10-17)29-16-19-6-5-15-28-19)24-21-8-2-1-7-20(21)23(27)25-13-3-4-14-25/h1-2,7-12,19H,3-6,13-16H2,(H,24,26)/t19-/m1/s1. The monoisotopic (exact) mass is 394 g/mol. The van der Waals surface area contributed by atoms with E-state index in [0.29, 0.717) is 29.2 Å². The highest BCUT2D eigenvalue weighted by molar-refractivity contribution is 6.09. The number of hydrogen-bond acceptors (Lipinski definition) is 4. The number of ether oxygens (including phenoxy) is 2. The van der Waals surface area contributed by atoms with Gasteiger partial charge in [0.15, 0.2) is 0 Å². The number of nitrogens with one attached hydrogen (secondary N) is 1. The second-order valence-corrected chi connectivity index (χ2v) is 7.47. The normalized spacial score (nSPS) is 18.6. The quantitative estimate of drug-likeness (QED) is 0.811. The van der Waals surface area contributed by atoms with Gasteiger partial charge in [0.05, 0.1) is 17.4 Å². The summed E-state index contributed by atoms with van der Waals surface area (Å²) < 4.78 is 11.3. The molecule has 0 spiro atoms. The largest absolute Gasteiger partial charge is 0.491 e. The predicted molar refractivity (Wildman–Crippen MR) is 110 cm³/mol. The molecule has 2 amide bonds. The highest BCUT2D eigenvalue weighted by Crippen LogP contribution is 2.22. The first-order valence-electron chi connectivity index (χ1n) is 10.2. The molecule has 6 nitrogen and oxygen atoms in total. The van der Waals surface area contributed by atoms with E-state index < -0.39 is 0 Å². The molecule has 0 saturated carbocycles. The molecule has 0 aromatic heterocycles. The van der Waals surface area contributed by atoms with Crippen molar-refractivity contribution in [3.8, 4) is 5.75 Å². The van der Waals surface area contributed by atoms with Crippen molar-refractivity contribution in [3.05, 3.63) is 59.7 Å². The third-order valence-corrected chi connectivity index (χ3v) is 5.38. The molecule has 29 heavy (non-hydrogen) atoms. The van der Waals surface area contributed by atoms with Crippen LogP contribution in [0.15, 0.2) is 48.5 Å². The van der Waals surface area contributed by atoms with Crippen LogP contribution >= 0.6 is 0 Å². The summed E-state index contributed by atoms with van der Waals surface area (Å²) in [5, 5.41) is 2.88. The third-order valence-electron chi connectivity index (χ3n) is 5.38. The summed E-state index contributed by atoms with van der Waals surface area (Å²) in [6, 6.07) is 14.2. The van der Waals surface area contributed by atoms with Gasteiger partial charge in [0.25, 0.3) is 11.8 Å². The lowest BCUT2D eigenvalue weighted by Crippen LogP contribution is -2.28. The summed E-state index contributed by atoms with van der Waals surface area (Å²) >= 11 is 0. The maximum atomic E-state index is 12.8. The van der Waals surface area contributed by atoms with Gasteiger partial charge in [0.2, 0.25) is 0 Å². The highest BCUT2D eigenvalue weighted by Gasteiger charge is 2.22. The number of carbonyl (C=O) groups excluding carboxylic acids is 2. The average molecular weight is 394 g/mol. The van der Waals surface area contributed by atoms with Gasteiger partial charge in [0.1, 0.15) is 12.4 Å². The average Bonchev–Trinajstić information content (AvgIpc) is 3.47. The van der Waals surface area contributed by atoms with Gasteiger partial charge >= 0.3 is 0 Å². The molecule has 2 saturated heterocycles. The van der Waals surface area contributed by atoms with Crippen LogP contribution in [-0.2, 0) is 4.74 Å². The first kappa shape index (κ1) is 19.5. The molecule has 2 heterocycles. The van der Waals surface area contributed by atoms with Crippen LogP contribution < -0.4 is 10.1 Å². The molecule has 0 unspecified atom stereocenters. The molecule has 6 heteroatoms. The summed E-state index contributed by atoms with van der Waals surface area (Å²) in [5.41, 5.74) is 1.57. The number of carbonyl (C=O) groups is 2. The van der Waals surface area contributed by atoms with Gasteiger partial charge in [-0.15, -0.1) is 0 Å². The Balaban J connectivity index is 1.39. The first-order chi connectivity index (χ1) is 14.2. The molecule has 152 valence electrons. The molecule has 2 fully saturated rings. The van der Waals surface area contributed by atoms with E-state index in [1.54, 1.807) is 36.4 Å². The van der Waals surface area contributed by atoms with E-state index >= 15 is 0 Å². The highest BCUT2D eigenvalue weighted by atomic mass is 16.5. The van der Waals surface area contributed by atoms with E-state index in [1.165, 1.54) is 0 Å². The molecule has 2 aliphatic heterocycles. The van der Waals surface area contributed by atoms with Gasteiger partial charge in [0, 0.05) is 25.3 Å². The predicted octanol–water partition coefficient (Wildman–Crippen LogP) is 3.73. The number of benzene rings is 2. The number of anilines is 1. The van der Waals surface area contributed by atoms with E-state index in [-0.39, 0.29) is 17.9 Å². The van der Waals surface area contributed by atoms with Crippen LogP contribution in [0.1, 0.15) is 46.4 Å². The van der Waals surface area contributed by atoms with Crippen molar-refractivity contribution in [1.82, 2.24) is 4.90 Å². The van der Waals surface area contributed by atoms with Crippen LogP contribution in [0.25, 0.3) is 0 Å². The van der Waals surface area contributed by atoms with Crippen LogP contribution in [0, 0.1) is 0 Å². The first-order valence-corrected chi connectivity index (χ1v) is 10.2. The van der Waals surface area contributed by atoms with Gasteiger partial charge in [-0.3, -0.25) is 9.59 Å². The van der Waals surface area contributed by atoms with Gasteiger partial charge in [-0.05, 0) is 62.1 Å². The lowest BCUT2D eigenvalue weighted by molar-refractivity contribution is 0.0679. The van der Waals surface area contributed by atoms with E-state index in [2.05, 4.69) is 5.32 Å². The molecule has 0 bridgehead atoms. The second-order valence-electron chi connectivity index (χ2n) is 7.47. The van der Waals surface area contributed by atoms with E-state index in [1.807, 2.05) is 17.0 Å². The topological polar surface area (TPSA) is 67.9 Å². The molecule has 2 aromatic rings. The Morgan fingerprint density at radius 2 is 1.79 bits per heavy atom. The third kappa shape index (κ3) is 4.77. The fourth-order valence-corrected chi connectivity index (χ4v) is 3.73. The molecule has 2 aromatic carbocycles. The van der Waals surface area contributed by atoms with Gasteiger partial charge in [-0.25, -0.2) is 0 Å². The summed E-state index contributed by atoms with van der Waals surface area (Å²) in [6.45, 7) is 2.87. The number of hydrogen-bond donors (Lipinski definition) is 1. The number of para-hydroxylation sites is 1. The zero-order valence-corrected chi connectivity index (χ0v) is 16.4. The molecule has 1 N–H and O–H groups in total. The Hall–Kier alpha value is -2.86. The van der Waals surface area contributed by atoms with Gasteiger partial charge in [-0.2, -0.15) is 0 Å². The van der Waals surface area contributed by atoms with Crippen molar-refractivity contribution >= 4 is 17.5 Å². The van der Waals surface area contributed by atoms with Gasteiger partial charge in [-0.1, -0.05) is 12.1 Å². The molecule has 0 radical (unpaired) electrons. The Bertz CT molecular complexity index is 853. The number of amides is 2. The van der Waals surface area contributed by atoms with E-state index in [9.17, 15) is 9.59 Å². The Morgan fingerprint density at radius 1 is 1.03 bits per heavy atom. The lowest BCUT2D eigenvalue weighted by atomic mass is 10.1. The van der Waals surface area contributed by atoms with Crippen LogP contribution in [0.4, 0.5) is 5.69 Å². The molecule has 1 atom stereocenters. The molecular weight excluding hydrogens is 368 g/mol. The Kier molecular flexibility index (Phi) is 6.10. The van der Waals surface area contributed by atoms with Crippen molar-refractivity contribution in [2.45, 2.75) is 31.8 Å². The number of rotatable bonds is 6. The zero-order chi connectivity index (χ0) is 20.1. The van der Waals surface area contributed by atoms with Crippen LogP contribution in [0.3, 0.4) is 0 Å². The fourth-order valence-electron chi connectivity index (χ4n) is 3.73. The lowest BCUT2D eigenvalue weighted by Gasteiger charge is -2.18. The smallest absolute Gasteiger partial charge is 0.255 e. The van der Waals surface area contributed by atoms with Crippen LogP contribution in [0.5, 0.6) is 5.75 Å². The summed E-state index contributed by atoms with van der Waals surface area (Å²) in [7, 11) is 0. The van der Waals surface area contributed by atoms with Crippen LogP contribution in [0.2, 0.25) is 0 Å². The maximum absolute atomic E-state index is 12.8. The van der Waals surface area contributed by atoms with Crippen molar-refractivity contribution in [2.75, 3.05) is 31.6 Å². The zero-order valence-electron chi connectivity index (χ0n) is 16.4. The van der Waals surface area contributed by atoms with Crippen LogP contribution in [-0.4, -0.2) is 49.1 Å². The minimum absolute atomic E-state index is 0.0312. The number of likely N-dealkylation sites (tertiary alicyclic amines) is 1. The van der Waals surface area contributed by atoms with E-state index in [4.69, 9.17) is 9.47 Å². The summed E-state index contributed by atoms with van der Waals surface area (Å²) in [5.74, 6) is 0.426. The maximum Gasteiger partial charge on any atom is 0.255 e. The molecule has 2 aliphatic rings. The molecular formula is C23H26N2O4. The van der Waals surface area contributed by atoms with Crippen molar-refractivity contribution in [1.29, 1.82) is 0 Å².